The smallest absolute Gasteiger partial charge is 0.0635 e. The Hall–Kier alpha value is -1.63. The number of hydrogen-bond donors (Lipinski definition) is 0. The molecule has 0 bridgehead atoms. The molecule has 1 heteroatoms. The topological polar surface area (TPSA) is 12.9 Å². The molecule has 1 aromatic rings. The summed E-state index contributed by atoms with van der Waals surface area (Å²) in [5.74, 6) is 0.677. The molecule has 0 aliphatic heterocycles. The Morgan fingerprint density at radius 2 is 2.11 bits per heavy atom. The van der Waals surface area contributed by atoms with Crippen LogP contribution in [0, 0.1) is 19.8 Å². The van der Waals surface area contributed by atoms with Crippen LogP contribution in [0.1, 0.15) is 43.1 Å². The molecule has 1 heterocycles. The number of nitrogens with zero attached hydrogens (tertiary/aromatic N) is 1. The maximum atomic E-state index is 4.53. The Kier molecular flexibility index (Phi) is 4.36. The zero-order valence-corrected chi connectivity index (χ0v) is 12.2. The summed E-state index contributed by atoms with van der Waals surface area (Å²) in [6, 6.07) is 4.23. The molecule has 1 unspecified atom stereocenters. The summed E-state index contributed by atoms with van der Waals surface area (Å²) >= 11 is 0. The van der Waals surface area contributed by atoms with Crippen molar-refractivity contribution in [1.82, 2.24) is 4.98 Å². The van der Waals surface area contributed by atoms with E-state index in [9.17, 15) is 0 Å². The van der Waals surface area contributed by atoms with Gasteiger partial charge in [-0.05, 0) is 69.7 Å². The Morgan fingerprint density at radius 1 is 1.32 bits per heavy atom. The van der Waals surface area contributed by atoms with Gasteiger partial charge in [0.15, 0.2) is 0 Å². The molecule has 0 saturated carbocycles. The van der Waals surface area contributed by atoms with Gasteiger partial charge in [-0.2, -0.15) is 0 Å². The molecule has 1 atom stereocenters. The van der Waals surface area contributed by atoms with Crippen molar-refractivity contribution in [3.63, 3.8) is 0 Å². The van der Waals surface area contributed by atoms with E-state index in [1.54, 1.807) is 0 Å². The van der Waals surface area contributed by atoms with Crippen LogP contribution in [0.3, 0.4) is 0 Å². The normalized spacial score (nSPS) is 19.5. The second-order valence-corrected chi connectivity index (χ2v) is 5.64. The molecule has 0 fully saturated rings. The highest BCUT2D eigenvalue weighted by Crippen LogP contribution is 2.28. The summed E-state index contributed by atoms with van der Waals surface area (Å²) in [5.41, 5.74) is 6.15. The lowest BCUT2D eigenvalue weighted by Gasteiger charge is -2.20. The van der Waals surface area contributed by atoms with E-state index in [2.05, 4.69) is 55.8 Å². The summed E-state index contributed by atoms with van der Waals surface area (Å²) in [7, 11) is 0. The molecule has 0 N–H and O–H groups in total. The number of hydrogen-bond acceptors (Lipinski definition) is 1. The molecular weight excluding hydrogens is 230 g/mol. The van der Waals surface area contributed by atoms with E-state index >= 15 is 0 Å². The van der Waals surface area contributed by atoms with Crippen molar-refractivity contribution in [2.45, 2.75) is 40.0 Å². The zero-order valence-electron chi connectivity index (χ0n) is 12.2. The highest BCUT2D eigenvalue weighted by molar-refractivity contribution is 5.50. The standard InChI is InChI=1S/C18H23N/c1-13(2)17-8-5-16(6-9-17)7-10-18-12-14(3)11-15(4)19-18/h5,7,10-12,17H,1,6,8-9H2,2-4H3/b10-7+. The minimum absolute atomic E-state index is 0.677. The Labute approximate surface area is 116 Å². The first-order valence-electron chi connectivity index (χ1n) is 7.02. The molecule has 19 heavy (non-hydrogen) atoms. The van der Waals surface area contributed by atoms with Crippen LogP contribution >= 0.6 is 0 Å². The third kappa shape index (κ3) is 3.92. The van der Waals surface area contributed by atoms with Crippen molar-refractivity contribution in [2.24, 2.45) is 5.92 Å². The minimum Gasteiger partial charge on any atom is -0.254 e. The SMILES string of the molecule is C=C(C)C1CC=C(/C=C/c2cc(C)cc(C)n2)CC1. The summed E-state index contributed by atoms with van der Waals surface area (Å²) < 4.78 is 0. The lowest BCUT2D eigenvalue weighted by Crippen LogP contribution is -2.05. The first-order valence-corrected chi connectivity index (χ1v) is 7.02. The lowest BCUT2D eigenvalue weighted by atomic mass is 9.85. The molecular formula is C18H23N. The van der Waals surface area contributed by atoms with Gasteiger partial charge < -0.3 is 0 Å². The first-order chi connectivity index (χ1) is 9.04. The van der Waals surface area contributed by atoms with E-state index < -0.39 is 0 Å². The highest BCUT2D eigenvalue weighted by atomic mass is 14.7. The van der Waals surface area contributed by atoms with E-state index in [0.29, 0.717) is 5.92 Å². The molecule has 0 radical (unpaired) electrons. The van der Waals surface area contributed by atoms with E-state index in [1.165, 1.54) is 23.1 Å². The predicted octanol–water partition coefficient (Wildman–Crippen LogP) is 5.01. The number of aromatic nitrogens is 1. The summed E-state index contributed by atoms with van der Waals surface area (Å²) in [5, 5.41) is 0. The van der Waals surface area contributed by atoms with Crippen LogP contribution in [0.5, 0.6) is 0 Å². The molecule has 0 spiro atoms. The van der Waals surface area contributed by atoms with Crippen LogP contribution < -0.4 is 0 Å². The van der Waals surface area contributed by atoms with Crippen molar-refractivity contribution >= 4 is 6.08 Å². The van der Waals surface area contributed by atoms with E-state index in [1.807, 2.05) is 6.92 Å². The van der Waals surface area contributed by atoms with Gasteiger partial charge in [-0.25, -0.2) is 0 Å². The second kappa shape index (κ2) is 6.01. The molecule has 1 nitrogen and oxygen atoms in total. The molecule has 1 aromatic heterocycles. The van der Waals surface area contributed by atoms with Gasteiger partial charge in [-0.15, -0.1) is 0 Å². The van der Waals surface area contributed by atoms with Gasteiger partial charge in [0.1, 0.15) is 0 Å². The van der Waals surface area contributed by atoms with Crippen molar-refractivity contribution in [3.8, 4) is 0 Å². The van der Waals surface area contributed by atoms with E-state index in [-0.39, 0.29) is 0 Å². The zero-order chi connectivity index (χ0) is 13.8. The summed E-state index contributed by atoms with van der Waals surface area (Å²) in [6.07, 6.45) is 10.2. The third-order valence-electron chi connectivity index (χ3n) is 3.73. The average Bonchev–Trinajstić information content (AvgIpc) is 2.36. The van der Waals surface area contributed by atoms with Crippen molar-refractivity contribution in [3.05, 3.63) is 59.0 Å². The van der Waals surface area contributed by atoms with Gasteiger partial charge >= 0.3 is 0 Å². The average molecular weight is 253 g/mol. The van der Waals surface area contributed by atoms with Gasteiger partial charge in [-0.3, -0.25) is 4.98 Å². The maximum absolute atomic E-state index is 4.53. The Balaban J connectivity index is 2.05. The monoisotopic (exact) mass is 253 g/mol. The van der Waals surface area contributed by atoms with Crippen molar-refractivity contribution < 1.29 is 0 Å². The number of rotatable bonds is 3. The molecule has 1 aliphatic carbocycles. The molecule has 0 saturated heterocycles. The molecule has 100 valence electrons. The third-order valence-corrected chi connectivity index (χ3v) is 3.73. The van der Waals surface area contributed by atoms with Crippen LogP contribution in [0.15, 0.2) is 42.0 Å². The second-order valence-electron chi connectivity index (χ2n) is 5.64. The van der Waals surface area contributed by atoms with Gasteiger partial charge in [-0.1, -0.05) is 29.9 Å². The fourth-order valence-corrected chi connectivity index (χ4v) is 2.60. The molecule has 2 rings (SSSR count). The molecule has 0 amide bonds. The van der Waals surface area contributed by atoms with Gasteiger partial charge in [0.2, 0.25) is 0 Å². The number of pyridine rings is 1. The van der Waals surface area contributed by atoms with Crippen molar-refractivity contribution in [1.29, 1.82) is 0 Å². The fourth-order valence-electron chi connectivity index (χ4n) is 2.60. The van der Waals surface area contributed by atoms with Gasteiger partial charge in [0, 0.05) is 5.69 Å². The molecule has 1 aliphatic rings. The number of allylic oxidation sites excluding steroid dienone is 4. The van der Waals surface area contributed by atoms with Gasteiger partial charge in [0.05, 0.1) is 5.69 Å². The van der Waals surface area contributed by atoms with Crippen LogP contribution in [0.2, 0.25) is 0 Å². The largest absolute Gasteiger partial charge is 0.254 e. The van der Waals surface area contributed by atoms with E-state index in [0.717, 1.165) is 24.2 Å². The Bertz CT molecular complexity index is 514. The first kappa shape index (κ1) is 13.8. The molecule has 0 aromatic carbocycles. The lowest BCUT2D eigenvalue weighted by molar-refractivity contribution is 0.545. The van der Waals surface area contributed by atoms with Crippen LogP contribution in [0.25, 0.3) is 6.08 Å². The summed E-state index contributed by atoms with van der Waals surface area (Å²) in [6.45, 7) is 10.4. The fraction of sp³-hybridized carbons (Fsp3) is 0.389. The summed E-state index contributed by atoms with van der Waals surface area (Å²) in [4.78, 5) is 4.53. The van der Waals surface area contributed by atoms with Crippen molar-refractivity contribution in [2.75, 3.05) is 0 Å². The van der Waals surface area contributed by atoms with Gasteiger partial charge in [0.25, 0.3) is 0 Å². The van der Waals surface area contributed by atoms with E-state index in [4.69, 9.17) is 0 Å². The predicted molar refractivity (Wildman–Crippen MR) is 83.0 cm³/mol. The van der Waals surface area contributed by atoms with Crippen LogP contribution in [0.4, 0.5) is 0 Å². The maximum Gasteiger partial charge on any atom is 0.0635 e. The number of aryl methyl sites for hydroxylation is 2. The Morgan fingerprint density at radius 3 is 2.68 bits per heavy atom. The minimum atomic E-state index is 0.677. The quantitative estimate of drug-likeness (QED) is 0.690. The van der Waals surface area contributed by atoms with Crippen LogP contribution in [-0.2, 0) is 0 Å². The van der Waals surface area contributed by atoms with Crippen LogP contribution in [-0.4, -0.2) is 4.98 Å². The highest BCUT2D eigenvalue weighted by Gasteiger charge is 2.13.